The molecule has 0 aromatic carbocycles. The minimum atomic E-state index is -3.35. The van der Waals surface area contributed by atoms with Crippen LogP contribution in [0.5, 0.6) is 0 Å². The summed E-state index contributed by atoms with van der Waals surface area (Å²) in [6, 6.07) is 0.232. The molecule has 6 nitrogen and oxygen atoms in total. The van der Waals surface area contributed by atoms with Gasteiger partial charge in [0.05, 0.1) is 24.5 Å². The zero-order valence-corrected chi connectivity index (χ0v) is 15.8. The standard InChI is InChI=1S/C17H32N2O4S/c1-16(20)13-23-17(12-15(16)18-24(2,21)22)8-10-19(11-9-17)14-6-4-3-5-7-14/h14-15,18,20H,3-13H2,1-2H3/t15-,16-/m0/s1. The third-order valence-electron chi connectivity index (χ3n) is 6.15. The molecule has 3 fully saturated rings. The molecule has 140 valence electrons. The maximum Gasteiger partial charge on any atom is 0.209 e. The zero-order valence-electron chi connectivity index (χ0n) is 15.0. The van der Waals surface area contributed by atoms with Gasteiger partial charge in [0, 0.05) is 19.1 Å². The molecule has 1 aliphatic carbocycles. The highest BCUT2D eigenvalue weighted by atomic mass is 32.2. The highest BCUT2D eigenvalue weighted by molar-refractivity contribution is 7.88. The van der Waals surface area contributed by atoms with Gasteiger partial charge in [0.1, 0.15) is 5.60 Å². The molecule has 2 aliphatic heterocycles. The molecule has 0 radical (unpaired) electrons. The minimum Gasteiger partial charge on any atom is -0.386 e. The lowest BCUT2D eigenvalue weighted by molar-refractivity contribution is -0.191. The number of nitrogens with zero attached hydrogens (tertiary/aromatic N) is 1. The van der Waals surface area contributed by atoms with Crippen molar-refractivity contribution in [2.75, 3.05) is 26.0 Å². The topological polar surface area (TPSA) is 78.9 Å². The number of nitrogens with one attached hydrogen (secondary N) is 1. The number of hydrogen-bond donors (Lipinski definition) is 2. The summed E-state index contributed by atoms with van der Waals surface area (Å²) >= 11 is 0. The molecule has 0 amide bonds. The molecule has 2 atom stereocenters. The summed E-state index contributed by atoms with van der Waals surface area (Å²) in [5.41, 5.74) is -1.45. The van der Waals surface area contributed by atoms with Gasteiger partial charge in [0.25, 0.3) is 0 Å². The van der Waals surface area contributed by atoms with E-state index in [1.807, 2.05) is 0 Å². The molecule has 2 N–H and O–H groups in total. The molecule has 1 spiro atoms. The van der Waals surface area contributed by atoms with E-state index in [9.17, 15) is 13.5 Å². The van der Waals surface area contributed by atoms with E-state index in [1.165, 1.54) is 32.1 Å². The average molecular weight is 361 g/mol. The summed E-state index contributed by atoms with van der Waals surface area (Å²) in [5.74, 6) is 0. The maximum absolute atomic E-state index is 11.6. The lowest BCUT2D eigenvalue weighted by Gasteiger charge is -2.51. The predicted molar refractivity (Wildman–Crippen MR) is 93.4 cm³/mol. The quantitative estimate of drug-likeness (QED) is 0.792. The van der Waals surface area contributed by atoms with Gasteiger partial charge in [-0.05, 0) is 39.0 Å². The first-order valence-electron chi connectivity index (χ1n) is 9.27. The number of hydrogen-bond acceptors (Lipinski definition) is 5. The van der Waals surface area contributed by atoms with Crippen molar-refractivity contribution in [3.05, 3.63) is 0 Å². The highest BCUT2D eigenvalue weighted by Gasteiger charge is 2.49. The molecule has 7 heteroatoms. The van der Waals surface area contributed by atoms with Gasteiger partial charge in [0.2, 0.25) is 10.0 Å². The lowest BCUT2D eigenvalue weighted by atomic mass is 9.77. The Hall–Kier alpha value is -0.210. The van der Waals surface area contributed by atoms with E-state index in [0.29, 0.717) is 12.5 Å². The number of likely N-dealkylation sites (tertiary alicyclic amines) is 1. The molecule has 1 saturated carbocycles. The third-order valence-corrected chi connectivity index (χ3v) is 6.87. The highest BCUT2D eigenvalue weighted by Crippen LogP contribution is 2.39. The van der Waals surface area contributed by atoms with Gasteiger partial charge in [-0.25, -0.2) is 13.1 Å². The summed E-state index contributed by atoms with van der Waals surface area (Å²) in [7, 11) is -3.35. The van der Waals surface area contributed by atoms with Crippen molar-refractivity contribution in [2.24, 2.45) is 0 Å². The predicted octanol–water partition coefficient (Wildman–Crippen LogP) is 1.24. The number of ether oxygens (including phenoxy) is 1. The van der Waals surface area contributed by atoms with Crippen LogP contribution in [0.3, 0.4) is 0 Å². The summed E-state index contributed by atoms with van der Waals surface area (Å²) in [6.07, 6.45) is 10.2. The molecule has 0 aromatic rings. The fourth-order valence-electron chi connectivity index (χ4n) is 4.57. The molecular formula is C17H32N2O4S. The summed E-state index contributed by atoms with van der Waals surface area (Å²) in [6.45, 7) is 3.86. The first-order chi connectivity index (χ1) is 11.2. The van der Waals surface area contributed by atoms with Gasteiger partial charge in [-0.1, -0.05) is 19.3 Å². The van der Waals surface area contributed by atoms with Crippen molar-refractivity contribution >= 4 is 10.0 Å². The van der Waals surface area contributed by atoms with Crippen LogP contribution < -0.4 is 4.72 Å². The second-order valence-corrected chi connectivity index (χ2v) is 10.1. The second kappa shape index (κ2) is 6.83. The second-order valence-electron chi connectivity index (χ2n) is 8.30. The Balaban J connectivity index is 1.62. The summed E-state index contributed by atoms with van der Waals surface area (Å²) in [5, 5.41) is 10.5. The molecular weight excluding hydrogens is 328 g/mol. The van der Waals surface area contributed by atoms with Crippen LogP contribution >= 0.6 is 0 Å². The molecule has 2 heterocycles. The summed E-state index contributed by atoms with van der Waals surface area (Å²) in [4.78, 5) is 2.60. The molecule has 3 rings (SSSR count). The van der Waals surface area contributed by atoms with Crippen LogP contribution in [-0.2, 0) is 14.8 Å². The van der Waals surface area contributed by atoms with E-state index in [-0.39, 0.29) is 12.2 Å². The number of aliphatic hydroxyl groups is 1. The Bertz CT molecular complexity index is 535. The van der Waals surface area contributed by atoms with Crippen molar-refractivity contribution < 1.29 is 18.3 Å². The van der Waals surface area contributed by atoms with Crippen LogP contribution in [-0.4, -0.2) is 67.7 Å². The Morgan fingerprint density at radius 3 is 2.38 bits per heavy atom. The van der Waals surface area contributed by atoms with Crippen molar-refractivity contribution in [1.82, 2.24) is 9.62 Å². The van der Waals surface area contributed by atoms with Crippen molar-refractivity contribution in [2.45, 2.75) is 81.6 Å². The Morgan fingerprint density at radius 2 is 1.79 bits per heavy atom. The smallest absolute Gasteiger partial charge is 0.209 e. The van der Waals surface area contributed by atoms with Crippen molar-refractivity contribution in [1.29, 1.82) is 0 Å². The summed E-state index contributed by atoms with van der Waals surface area (Å²) < 4.78 is 32.0. The van der Waals surface area contributed by atoms with Gasteiger partial charge in [-0.2, -0.15) is 0 Å². The van der Waals surface area contributed by atoms with Crippen LogP contribution in [0.25, 0.3) is 0 Å². The van der Waals surface area contributed by atoms with Crippen molar-refractivity contribution in [3.63, 3.8) is 0 Å². The normalized spacial score (nSPS) is 36.0. The van der Waals surface area contributed by atoms with Gasteiger partial charge in [-0.3, -0.25) is 0 Å². The van der Waals surface area contributed by atoms with E-state index >= 15 is 0 Å². The van der Waals surface area contributed by atoms with Crippen LogP contribution in [0.4, 0.5) is 0 Å². The van der Waals surface area contributed by atoms with Gasteiger partial charge < -0.3 is 14.7 Å². The van der Waals surface area contributed by atoms with Crippen molar-refractivity contribution in [3.8, 4) is 0 Å². The molecule has 3 aliphatic rings. The molecule has 24 heavy (non-hydrogen) atoms. The first kappa shape index (κ1) is 18.6. The molecule has 2 saturated heterocycles. The van der Waals surface area contributed by atoms with Crippen LogP contribution in [0.15, 0.2) is 0 Å². The number of piperidine rings is 1. The Labute approximate surface area is 146 Å². The van der Waals surface area contributed by atoms with Gasteiger partial charge >= 0.3 is 0 Å². The maximum atomic E-state index is 11.6. The molecule has 0 aromatic heterocycles. The Kier molecular flexibility index (Phi) is 5.29. The van der Waals surface area contributed by atoms with Gasteiger partial charge in [0.15, 0.2) is 0 Å². The monoisotopic (exact) mass is 360 g/mol. The van der Waals surface area contributed by atoms with Gasteiger partial charge in [-0.15, -0.1) is 0 Å². The van der Waals surface area contributed by atoms with E-state index in [2.05, 4.69) is 9.62 Å². The third kappa shape index (κ3) is 4.30. The zero-order chi connectivity index (χ0) is 17.4. The SMILES string of the molecule is C[C@]1(O)COC2(CCN(C3CCCCC3)CC2)C[C@@H]1NS(C)(=O)=O. The fourth-order valence-corrected chi connectivity index (χ4v) is 5.42. The number of sulfonamides is 1. The van der Waals surface area contributed by atoms with Crippen LogP contribution in [0, 0.1) is 0 Å². The minimum absolute atomic E-state index is 0.184. The Morgan fingerprint density at radius 1 is 1.17 bits per heavy atom. The van der Waals surface area contributed by atoms with E-state index in [1.54, 1.807) is 6.92 Å². The van der Waals surface area contributed by atoms with Crippen LogP contribution in [0.2, 0.25) is 0 Å². The first-order valence-corrected chi connectivity index (χ1v) is 11.2. The van der Waals surface area contributed by atoms with E-state index in [0.717, 1.165) is 32.2 Å². The average Bonchev–Trinajstić information content (AvgIpc) is 2.52. The fraction of sp³-hybridized carbons (Fsp3) is 1.00. The van der Waals surface area contributed by atoms with E-state index < -0.39 is 21.7 Å². The number of rotatable bonds is 3. The molecule has 0 bridgehead atoms. The van der Waals surface area contributed by atoms with Crippen LogP contribution in [0.1, 0.15) is 58.3 Å². The molecule has 0 unspecified atom stereocenters. The van der Waals surface area contributed by atoms with E-state index in [4.69, 9.17) is 4.74 Å². The largest absolute Gasteiger partial charge is 0.386 e. The lowest BCUT2D eigenvalue weighted by Crippen LogP contribution is -2.64.